The van der Waals surface area contributed by atoms with Crippen molar-refractivity contribution in [2.75, 3.05) is 6.61 Å². The van der Waals surface area contributed by atoms with Gasteiger partial charge >= 0.3 is 0 Å². The summed E-state index contributed by atoms with van der Waals surface area (Å²) in [4.78, 5) is 25.4. The van der Waals surface area contributed by atoms with Gasteiger partial charge in [0.1, 0.15) is 23.3 Å². The van der Waals surface area contributed by atoms with Crippen LogP contribution in [0.5, 0.6) is 5.75 Å². The summed E-state index contributed by atoms with van der Waals surface area (Å²) in [6.07, 6.45) is 3.54. The number of carbonyl (C=O) groups is 1. The van der Waals surface area contributed by atoms with E-state index in [-0.39, 0.29) is 29.5 Å². The van der Waals surface area contributed by atoms with E-state index in [9.17, 15) is 13.6 Å². The summed E-state index contributed by atoms with van der Waals surface area (Å²) in [5.74, 6) is 1.06. The van der Waals surface area contributed by atoms with Crippen molar-refractivity contribution in [1.82, 2.24) is 20.3 Å². The summed E-state index contributed by atoms with van der Waals surface area (Å²) in [6, 6.07) is 4.58. The standard InChI is InChI=1S/C26H31F2N5O2/c1-13-9-17(29)6-7-19(13)33-26(34)21-14(2)32-24-22(30-12-31-23(21)24)18-10-16(25(27)28)5-8-20(18)35-11-15-3-4-15/h5,8,10,12-13,15,17,19,25,32H,3-4,6-7,9,11,29H2,1-2H3,(H,33,34). The quantitative estimate of drug-likeness (QED) is 0.443. The van der Waals surface area contributed by atoms with E-state index in [4.69, 9.17) is 10.5 Å². The van der Waals surface area contributed by atoms with Gasteiger partial charge in [0.05, 0.1) is 17.7 Å². The van der Waals surface area contributed by atoms with E-state index in [1.807, 2.05) is 0 Å². The molecule has 1 aromatic carbocycles. The van der Waals surface area contributed by atoms with Crippen molar-refractivity contribution in [2.24, 2.45) is 17.6 Å². The molecule has 5 rings (SSSR count). The number of nitrogens with two attached hydrogens (primary N) is 1. The lowest BCUT2D eigenvalue weighted by Gasteiger charge is -2.33. The first-order valence-corrected chi connectivity index (χ1v) is 12.3. The molecule has 1 amide bonds. The molecule has 0 saturated heterocycles. The Balaban J connectivity index is 1.52. The molecule has 186 valence electrons. The fourth-order valence-corrected chi connectivity index (χ4v) is 4.98. The molecule has 3 aromatic rings. The highest BCUT2D eigenvalue weighted by molar-refractivity contribution is 6.09. The summed E-state index contributed by atoms with van der Waals surface area (Å²) < 4.78 is 33.1. The van der Waals surface area contributed by atoms with E-state index in [0.29, 0.717) is 51.8 Å². The molecule has 2 heterocycles. The highest BCUT2D eigenvalue weighted by Gasteiger charge is 2.30. The maximum Gasteiger partial charge on any atom is 0.263 e. The molecule has 4 N–H and O–H groups in total. The number of aryl methyl sites for hydroxylation is 1. The molecule has 0 radical (unpaired) electrons. The number of fused-ring (bicyclic) bond motifs is 1. The number of nitrogens with zero attached hydrogens (tertiary/aromatic N) is 2. The zero-order valence-electron chi connectivity index (χ0n) is 20.0. The summed E-state index contributed by atoms with van der Waals surface area (Å²) >= 11 is 0. The van der Waals surface area contributed by atoms with Gasteiger partial charge in [-0.2, -0.15) is 0 Å². The van der Waals surface area contributed by atoms with E-state index in [0.717, 1.165) is 32.1 Å². The van der Waals surface area contributed by atoms with Crippen molar-refractivity contribution in [3.8, 4) is 17.0 Å². The minimum atomic E-state index is -2.62. The Morgan fingerprint density at radius 3 is 2.77 bits per heavy atom. The number of alkyl halides is 2. The minimum Gasteiger partial charge on any atom is -0.493 e. The van der Waals surface area contributed by atoms with Crippen molar-refractivity contribution in [1.29, 1.82) is 0 Å². The molecule has 2 fully saturated rings. The smallest absolute Gasteiger partial charge is 0.263 e. The third-order valence-electron chi connectivity index (χ3n) is 7.21. The van der Waals surface area contributed by atoms with Crippen molar-refractivity contribution in [2.45, 2.75) is 64.5 Å². The predicted molar refractivity (Wildman–Crippen MR) is 129 cm³/mol. The zero-order chi connectivity index (χ0) is 24.7. The minimum absolute atomic E-state index is 0.0399. The van der Waals surface area contributed by atoms with Crippen molar-refractivity contribution >= 4 is 16.9 Å². The fourth-order valence-electron chi connectivity index (χ4n) is 4.98. The summed E-state index contributed by atoms with van der Waals surface area (Å²) in [5.41, 5.74) is 8.92. The molecule has 0 aliphatic heterocycles. The fraction of sp³-hybridized carbons (Fsp3) is 0.500. The van der Waals surface area contributed by atoms with Crippen LogP contribution in [0.3, 0.4) is 0 Å². The molecule has 0 bridgehead atoms. The Hall–Kier alpha value is -3.07. The van der Waals surface area contributed by atoms with Gasteiger partial charge in [-0.1, -0.05) is 6.92 Å². The highest BCUT2D eigenvalue weighted by Crippen LogP contribution is 2.38. The van der Waals surface area contributed by atoms with Gasteiger partial charge in [-0.3, -0.25) is 4.79 Å². The molecule has 2 aliphatic rings. The average molecular weight is 484 g/mol. The number of amides is 1. The average Bonchev–Trinajstić information content (AvgIpc) is 3.59. The Kier molecular flexibility index (Phi) is 6.44. The van der Waals surface area contributed by atoms with Gasteiger partial charge in [-0.05, 0) is 69.1 Å². The molecule has 2 aromatic heterocycles. The lowest BCUT2D eigenvalue weighted by atomic mass is 9.83. The Morgan fingerprint density at radius 2 is 2.06 bits per heavy atom. The lowest BCUT2D eigenvalue weighted by Crippen LogP contribution is -2.45. The number of rotatable bonds is 7. The number of aromatic amines is 1. The summed E-state index contributed by atoms with van der Waals surface area (Å²) in [5, 5.41) is 3.16. The number of ether oxygens (including phenoxy) is 1. The van der Waals surface area contributed by atoms with Crippen LogP contribution in [0.2, 0.25) is 0 Å². The van der Waals surface area contributed by atoms with Gasteiger partial charge in [-0.25, -0.2) is 18.7 Å². The molecule has 9 heteroatoms. The normalized spacial score (nSPS) is 22.5. The molecular formula is C26H31F2N5O2. The maximum atomic E-state index is 13.5. The second-order valence-electron chi connectivity index (χ2n) is 10.0. The number of aromatic nitrogens is 3. The van der Waals surface area contributed by atoms with Crippen LogP contribution in [0.25, 0.3) is 22.3 Å². The third kappa shape index (κ3) is 4.87. The van der Waals surface area contributed by atoms with Crippen LogP contribution in [-0.4, -0.2) is 39.5 Å². The number of carbonyl (C=O) groups excluding carboxylic acids is 1. The van der Waals surface area contributed by atoms with Crippen molar-refractivity contribution in [3.05, 3.63) is 41.3 Å². The molecule has 2 saturated carbocycles. The van der Waals surface area contributed by atoms with Crippen LogP contribution in [0.4, 0.5) is 8.78 Å². The number of halogens is 2. The third-order valence-corrected chi connectivity index (χ3v) is 7.21. The Bertz CT molecular complexity index is 1240. The van der Waals surface area contributed by atoms with Crippen LogP contribution < -0.4 is 15.8 Å². The molecule has 7 nitrogen and oxygen atoms in total. The summed E-state index contributed by atoms with van der Waals surface area (Å²) in [6.45, 7) is 4.45. The maximum absolute atomic E-state index is 13.5. The van der Waals surface area contributed by atoms with Gasteiger partial charge in [-0.15, -0.1) is 0 Å². The van der Waals surface area contributed by atoms with Gasteiger partial charge in [0, 0.05) is 28.9 Å². The van der Waals surface area contributed by atoms with E-state index >= 15 is 0 Å². The molecule has 3 unspecified atom stereocenters. The first-order valence-electron chi connectivity index (χ1n) is 12.3. The monoisotopic (exact) mass is 483 g/mol. The first-order chi connectivity index (χ1) is 16.8. The van der Waals surface area contributed by atoms with E-state index in [2.05, 4.69) is 27.2 Å². The molecule has 2 aliphatic carbocycles. The molecule has 0 spiro atoms. The number of hydrogen-bond acceptors (Lipinski definition) is 5. The number of nitrogens with one attached hydrogen (secondary N) is 2. The first kappa shape index (κ1) is 23.7. The molecule has 35 heavy (non-hydrogen) atoms. The molecule has 3 atom stereocenters. The van der Waals surface area contributed by atoms with Crippen LogP contribution in [0, 0.1) is 18.8 Å². The largest absolute Gasteiger partial charge is 0.493 e. The van der Waals surface area contributed by atoms with Crippen LogP contribution >= 0.6 is 0 Å². The van der Waals surface area contributed by atoms with Crippen LogP contribution in [0.1, 0.15) is 67.1 Å². The molecular weight excluding hydrogens is 452 g/mol. The van der Waals surface area contributed by atoms with E-state index < -0.39 is 6.43 Å². The Labute approximate surface area is 202 Å². The highest BCUT2D eigenvalue weighted by atomic mass is 19.3. The topological polar surface area (TPSA) is 106 Å². The second kappa shape index (κ2) is 9.53. The predicted octanol–water partition coefficient (Wildman–Crippen LogP) is 4.91. The van der Waals surface area contributed by atoms with Gasteiger partial charge in [0.25, 0.3) is 12.3 Å². The number of benzene rings is 1. The zero-order valence-corrected chi connectivity index (χ0v) is 20.0. The van der Waals surface area contributed by atoms with E-state index in [1.54, 1.807) is 13.0 Å². The summed E-state index contributed by atoms with van der Waals surface area (Å²) in [7, 11) is 0. The van der Waals surface area contributed by atoms with Crippen molar-refractivity contribution in [3.63, 3.8) is 0 Å². The van der Waals surface area contributed by atoms with Gasteiger partial charge in [0.2, 0.25) is 0 Å². The second-order valence-corrected chi connectivity index (χ2v) is 10.0. The Morgan fingerprint density at radius 1 is 1.26 bits per heavy atom. The van der Waals surface area contributed by atoms with Crippen LogP contribution in [-0.2, 0) is 0 Å². The van der Waals surface area contributed by atoms with Crippen molar-refractivity contribution < 1.29 is 18.3 Å². The van der Waals surface area contributed by atoms with E-state index in [1.165, 1.54) is 18.5 Å². The lowest BCUT2D eigenvalue weighted by molar-refractivity contribution is 0.0907. The van der Waals surface area contributed by atoms with Crippen LogP contribution in [0.15, 0.2) is 24.5 Å². The number of hydrogen-bond donors (Lipinski definition) is 3. The van der Waals surface area contributed by atoms with Gasteiger partial charge in [0.15, 0.2) is 0 Å². The number of H-pyrrole nitrogens is 1. The SMILES string of the molecule is Cc1[nH]c2c(-c3cc(C(F)F)ccc3OCC3CC3)ncnc2c1C(=O)NC1CCC(N)CC1C. The van der Waals surface area contributed by atoms with Gasteiger partial charge < -0.3 is 20.8 Å².